The van der Waals surface area contributed by atoms with Crippen molar-refractivity contribution in [3.63, 3.8) is 0 Å². The maximum absolute atomic E-state index is 12.3. The zero-order valence-electron chi connectivity index (χ0n) is 13.3. The molecular formula is C17H23N3O2S. The summed E-state index contributed by atoms with van der Waals surface area (Å²) in [6.07, 6.45) is 0. The number of nitrogens with two attached hydrogens (primary N) is 1. The Labute approximate surface area is 139 Å². The summed E-state index contributed by atoms with van der Waals surface area (Å²) in [4.78, 5) is 0.174. The first-order valence-electron chi connectivity index (χ1n) is 7.38. The summed E-state index contributed by atoms with van der Waals surface area (Å²) >= 11 is 0. The van der Waals surface area contributed by atoms with Gasteiger partial charge in [-0.15, -0.1) is 4.40 Å². The molecule has 2 aromatic rings. The first kappa shape index (κ1) is 15.6. The van der Waals surface area contributed by atoms with Crippen molar-refractivity contribution in [1.29, 1.82) is 0 Å². The van der Waals surface area contributed by atoms with Gasteiger partial charge in [0.05, 0.1) is 5.69 Å². The Morgan fingerprint density at radius 3 is 2.52 bits per heavy atom. The van der Waals surface area contributed by atoms with Crippen LogP contribution in [-0.4, -0.2) is 14.4 Å². The predicted octanol–water partition coefficient (Wildman–Crippen LogP) is 3.38. The van der Waals surface area contributed by atoms with Crippen LogP contribution < -0.4 is 11.1 Å². The first-order valence-corrected chi connectivity index (χ1v) is 8.82. The van der Waals surface area contributed by atoms with Gasteiger partial charge in [-0.2, -0.15) is 8.42 Å². The quantitative estimate of drug-likeness (QED) is 0.882. The van der Waals surface area contributed by atoms with Crippen LogP contribution in [0.1, 0.15) is 37.9 Å². The molecule has 0 unspecified atom stereocenters. The number of fused-ring (bicyclic) bond motifs is 1. The van der Waals surface area contributed by atoms with Crippen LogP contribution in [0.5, 0.6) is 0 Å². The summed E-state index contributed by atoms with van der Waals surface area (Å²) in [7, 11) is -3.76. The Hall–Kier alpha value is -2.34. The van der Waals surface area contributed by atoms with Crippen LogP contribution in [0.15, 0.2) is 45.7 Å². The molecule has 0 radical (unpaired) electrons. The second-order valence-corrected chi connectivity index (χ2v) is 7.40. The molecule has 2 aromatic carbocycles. The fourth-order valence-corrected chi connectivity index (χ4v) is 4.23. The topological polar surface area (TPSA) is 84.5 Å². The van der Waals surface area contributed by atoms with Crippen LogP contribution in [0.3, 0.4) is 0 Å². The Bertz CT molecular complexity index is 927. The van der Waals surface area contributed by atoms with Crippen LogP contribution in [-0.2, 0) is 10.0 Å². The van der Waals surface area contributed by atoms with Crippen LogP contribution >= 0.6 is 0 Å². The summed E-state index contributed by atoms with van der Waals surface area (Å²) in [5.74, 6) is -0.0684. The highest BCUT2D eigenvalue weighted by Gasteiger charge is 2.29. The summed E-state index contributed by atoms with van der Waals surface area (Å²) in [5, 5.41) is 2.94. The van der Waals surface area contributed by atoms with Gasteiger partial charge in [-0.3, -0.25) is 0 Å². The molecule has 0 spiro atoms. The molecule has 23 heavy (non-hydrogen) atoms. The summed E-state index contributed by atoms with van der Waals surface area (Å²) in [6, 6.07) is 11.5. The lowest BCUT2D eigenvalue weighted by molar-refractivity contribution is 0.597. The molecule has 0 amide bonds. The van der Waals surface area contributed by atoms with Gasteiger partial charge < -0.3 is 11.1 Å². The van der Waals surface area contributed by atoms with E-state index in [4.69, 9.17) is 5.73 Å². The van der Waals surface area contributed by atoms with E-state index >= 15 is 0 Å². The number of sulfonamides is 1. The lowest BCUT2D eigenvalue weighted by atomic mass is 9.86. The summed E-state index contributed by atoms with van der Waals surface area (Å²) in [5.41, 5.74) is 10.5. The molecule has 0 aliphatic carbocycles. The first-order chi connectivity index (χ1) is 10.8. The van der Waals surface area contributed by atoms with Crippen molar-refractivity contribution in [1.82, 2.24) is 0 Å². The monoisotopic (exact) mass is 333 g/mol. The van der Waals surface area contributed by atoms with Crippen molar-refractivity contribution in [3.05, 3.63) is 58.7 Å². The number of benzene rings is 2. The van der Waals surface area contributed by atoms with Crippen molar-refractivity contribution in [3.8, 4) is 0 Å². The zero-order valence-corrected chi connectivity index (χ0v) is 14.1. The third-order valence-corrected chi connectivity index (χ3v) is 5.60. The Kier molecular flexibility index (Phi) is 3.64. The van der Waals surface area contributed by atoms with Crippen molar-refractivity contribution < 1.29 is 11.3 Å². The van der Waals surface area contributed by atoms with E-state index in [1.165, 1.54) is 0 Å². The zero-order chi connectivity index (χ0) is 16.8. The Balaban J connectivity index is 0.00000156. The standard InChI is InChI=1S/C17H19N3O2S.2H2/c1-10-6-4-5-7-13(10)12(3)15-11(2)8-9-14-16(15)19-17(18)20-23(14,21)22;;/h4-9,12H,1-3H3,(H3,18,19,20);2*1H/t12-;;/m0../s1. The SMILES string of the molecule is Cc1ccccc1[C@H](C)c1c(C)ccc2c1NC(N)=NS2(=O)=O.[HH].[HH]. The minimum absolute atomic E-state index is 0. The fourth-order valence-electron chi connectivity index (χ4n) is 3.16. The minimum atomic E-state index is -3.76. The predicted molar refractivity (Wildman–Crippen MR) is 96.5 cm³/mol. The smallest absolute Gasteiger partial charge is 0.287 e. The van der Waals surface area contributed by atoms with Crippen molar-refractivity contribution in [2.75, 3.05) is 5.32 Å². The number of hydrogen-bond donors (Lipinski definition) is 2. The minimum Gasteiger partial charge on any atom is -0.369 e. The van der Waals surface area contributed by atoms with Gasteiger partial charge >= 0.3 is 0 Å². The highest BCUT2D eigenvalue weighted by molar-refractivity contribution is 7.90. The molecule has 1 aliphatic rings. The molecule has 1 heterocycles. The highest BCUT2D eigenvalue weighted by atomic mass is 32.2. The van der Waals surface area contributed by atoms with E-state index in [0.717, 1.165) is 22.3 Å². The molecular weight excluding hydrogens is 310 g/mol. The molecule has 0 saturated heterocycles. The van der Waals surface area contributed by atoms with Crippen LogP contribution in [0.25, 0.3) is 0 Å². The van der Waals surface area contributed by atoms with Crippen LogP contribution in [0.2, 0.25) is 0 Å². The van der Waals surface area contributed by atoms with E-state index in [0.29, 0.717) is 5.69 Å². The van der Waals surface area contributed by atoms with E-state index < -0.39 is 10.0 Å². The number of rotatable bonds is 2. The molecule has 3 N–H and O–H groups in total. The molecule has 5 nitrogen and oxygen atoms in total. The van der Waals surface area contributed by atoms with E-state index in [2.05, 4.69) is 35.7 Å². The van der Waals surface area contributed by atoms with Crippen molar-refractivity contribution in [2.45, 2.75) is 31.6 Å². The number of guanidine groups is 1. The average molecular weight is 333 g/mol. The molecule has 0 fully saturated rings. The number of nitrogens with zero attached hydrogens (tertiary/aromatic N) is 1. The molecule has 1 atom stereocenters. The van der Waals surface area contributed by atoms with E-state index in [-0.39, 0.29) is 19.6 Å². The normalized spacial score (nSPS) is 16.9. The average Bonchev–Trinajstić information content (AvgIpc) is 2.45. The Morgan fingerprint density at radius 1 is 1.13 bits per heavy atom. The molecule has 6 heteroatoms. The number of aryl methyl sites for hydroxylation is 2. The third-order valence-electron chi connectivity index (χ3n) is 4.26. The van der Waals surface area contributed by atoms with Gasteiger partial charge in [-0.1, -0.05) is 37.3 Å². The van der Waals surface area contributed by atoms with Crippen LogP contribution in [0.4, 0.5) is 5.69 Å². The second kappa shape index (κ2) is 5.38. The van der Waals surface area contributed by atoms with Gasteiger partial charge in [0, 0.05) is 8.77 Å². The number of nitrogens with one attached hydrogen (secondary N) is 1. The van der Waals surface area contributed by atoms with Gasteiger partial charge in [-0.05, 0) is 42.2 Å². The number of hydrogen-bond acceptors (Lipinski definition) is 4. The fraction of sp³-hybridized carbons (Fsp3) is 0.235. The van der Waals surface area contributed by atoms with E-state index in [1.54, 1.807) is 6.07 Å². The summed E-state index contributed by atoms with van der Waals surface area (Å²) < 4.78 is 28.1. The lowest BCUT2D eigenvalue weighted by Gasteiger charge is -2.25. The van der Waals surface area contributed by atoms with Gasteiger partial charge in [0.25, 0.3) is 10.0 Å². The maximum atomic E-state index is 12.3. The van der Waals surface area contributed by atoms with E-state index in [9.17, 15) is 8.42 Å². The third kappa shape index (κ3) is 2.59. The number of anilines is 1. The molecule has 3 rings (SSSR count). The highest BCUT2D eigenvalue weighted by Crippen LogP contribution is 2.39. The van der Waals surface area contributed by atoms with E-state index in [1.807, 2.05) is 25.1 Å². The van der Waals surface area contributed by atoms with Gasteiger partial charge in [-0.25, -0.2) is 0 Å². The maximum Gasteiger partial charge on any atom is 0.287 e. The van der Waals surface area contributed by atoms with Crippen molar-refractivity contribution in [2.24, 2.45) is 10.1 Å². The molecule has 124 valence electrons. The lowest BCUT2D eigenvalue weighted by Crippen LogP contribution is -2.30. The van der Waals surface area contributed by atoms with Gasteiger partial charge in [0.15, 0.2) is 0 Å². The summed E-state index contributed by atoms with van der Waals surface area (Å²) in [6.45, 7) is 6.10. The van der Waals surface area contributed by atoms with Crippen molar-refractivity contribution >= 4 is 21.7 Å². The van der Waals surface area contributed by atoms with Gasteiger partial charge in [0.2, 0.25) is 5.96 Å². The molecule has 0 aromatic heterocycles. The van der Waals surface area contributed by atoms with Crippen LogP contribution in [0, 0.1) is 13.8 Å². The molecule has 1 aliphatic heterocycles. The van der Waals surface area contributed by atoms with Gasteiger partial charge in [0.1, 0.15) is 4.90 Å². The largest absolute Gasteiger partial charge is 0.369 e. The Morgan fingerprint density at radius 2 is 1.83 bits per heavy atom. The second-order valence-electron chi connectivity index (χ2n) is 5.82. The molecule has 0 saturated carbocycles. The molecule has 0 bridgehead atoms.